The minimum absolute atomic E-state index is 0.499. The maximum Gasteiger partial charge on any atom is 0.103 e. The van der Waals surface area contributed by atoms with E-state index in [1.807, 2.05) is 18.2 Å². The number of hydrazine groups is 1. The minimum Gasteiger partial charge on any atom is -0.317 e. The van der Waals surface area contributed by atoms with Crippen molar-refractivity contribution >= 4 is 21.6 Å². The van der Waals surface area contributed by atoms with Gasteiger partial charge in [0.05, 0.1) is 11.3 Å². The number of piperidine rings is 1. The van der Waals surface area contributed by atoms with E-state index < -0.39 is 0 Å². The summed E-state index contributed by atoms with van der Waals surface area (Å²) in [4.78, 5) is 0. The van der Waals surface area contributed by atoms with Crippen molar-refractivity contribution in [2.24, 2.45) is 0 Å². The van der Waals surface area contributed by atoms with Crippen LogP contribution in [0, 0.1) is 11.3 Å². The van der Waals surface area contributed by atoms with Crippen LogP contribution in [-0.2, 0) is 0 Å². The second-order valence-corrected chi connectivity index (χ2v) is 5.78. The van der Waals surface area contributed by atoms with Crippen LogP contribution >= 0.6 is 15.9 Å². The summed E-state index contributed by atoms with van der Waals surface area (Å²) in [5.74, 6) is 0. The van der Waals surface area contributed by atoms with Crippen LogP contribution in [0.15, 0.2) is 22.7 Å². The molecule has 2 rings (SSSR count). The van der Waals surface area contributed by atoms with Gasteiger partial charge in [0.15, 0.2) is 0 Å². The van der Waals surface area contributed by atoms with Crippen LogP contribution in [0.3, 0.4) is 0 Å². The minimum atomic E-state index is 0.499. The number of nitrogens with zero attached hydrogens (tertiary/aromatic N) is 2. The number of nitrogens with one attached hydrogen (secondary N) is 1. The second kappa shape index (κ2) is 5.73. The smallest absolute Gasteiger partial charge is 0.103 e. The predicted octanol–water partition coefficient (Wildman–Crippen LogP) is 3.91. The third-order valence-electron chi connectivity index (χ3n) is 3.57. The zero-order valence-electron chi connectivity index (χ0n) is 10.8. The summed E-state index contributed by atoms with van der Waals surface area (Å²) in [6.07, 6.45) is 3.69. The normalized spacial score (nSPS) is 24.6. The van der Waals surface area contributed by atoms with Crippen molar-refractivity contribution in [3.05, 3.63) is 28.2 Å². The fourth-order valence-corrected chi connectivity index (χ4v) is 2.97. The SMILES string of the molecule is CC1CCCC(C)N1Nc1cccc(Br)c1C#N. The summed E-state index contributed by atoms with van der Waals surface area (Å²) in [5, 5.41) is 11.5. The van der Waals surface area contributed by atoms with Crippen LogP contribution in [0.25, 0.3) is 0 Å². The first-order chi connectivity index (χ1) is 8.63. The maximum atomic E-state index is 9.22. The van der Waals surface area contributed by atoms with Crippen LogP contribution in [0.4, 0.5) is 5.69 Å². The number of rotatable bonds is 2. The Kier molecular flexibility index (Phi) is 4.26. The molecule has 0 aromatic heterocycles. The molecule has 1 saturated heterocycles. The zero-order chi connectivity index (χ0) is 13.1. The van der Waals surface area contributed by atoms with Gasteiger partial charge in [0.25, 0.3) is 0 Å². The predicted molar refractivity (Wildman–Crippen MR) is 77.1 cm³/mol. The average Bonchev–Trinajstić information content (AvgIpc) is 2.34. The van der Waals surface area contributed by atoms with Crippen molar-refractivity contribution in [1.29, 1.82) is 5.26 Å². The van der Waals surface area contributed by atoms with Crippen molar-refractivity contribution in [3.8, 4) is 6.07 Å². The lowest BCUT2D eigenvalue weighted by Crippen LogP contribution is -2.47. The van der Waals surface area contributed by atoms with Gasteiger partial charge in [-0.15, -0.1) is 0 Å². The number of hydrogen-bond acceptors (Lipinski definition) is 3. The summed E-state index contributed by atoms with van der Waals surface area (Å²) in [5.41, 5.74) is 4.97. The maximum absolute atomic E-state index is 9.22. The van der Waals surface area contributed by atoms with E-state index in [4.69, 9.17) is 0 Å². The molecule has 1 N–H and O–H groups in total. The van der Waals surface area contributed by atoms with Gasteiger partial charge < -0.3 is 5.43 Å². The summed E-state index contributed by atoms with van der Waals surface area (Å²) in [6.45, 7) is 4.46. The van der Waals surface area contributed by atoms with E-state index in [2.05, 4.69) is 46.3 Å². The van der Waals surface area contributed by atoms with Gasteiger partial charge in [-0.3, -0.25) is 0 Å². The van der Waals surface area contributed by atoms with E-state index in [-0.39, 0.29) is 0 Å². The molecule has 2 unspecified atom stereocenters. The van der Waals surface area contributed by atoms with Crippen molar-refractivity contribution in [1.82, 2.24) is 5.01 Å². The lowest BCUT2D eigenvalue weighted by Gasteiger charge is -2.39. The molecule has 0 bridgehead atoms. The summed E-state index contributed by atoms with van der Waals surface area (Å²) in [7, 11) is 0. The Morgan fingerprint density at radius 1 is 1.33 bits per heavy atom. The molecule has 0 amide bonds. The topological polar surface area (TPSA) is 39.1 Å². The molecule has 1 fully saturated rings. The first-order valence-corrected chi connectivity index (χ1v) is 7.16. The Bertz CT molecular complexity index is 457. The van der Waals surface area contributed by atoms with Gasteiger partial charge in [-0.2, -0.15) is 5.26 Å². The Hall–Kier alpha value is -1.05. The highest BCUT2D eigenvalue weighted by Gasteiger charge is 2.25. The lowest BCUT2D eigenvalue weighted by molar-refractivity contribution is 0.135. The lowest BCUT2D eigenvalue weighted by atomic mass is 10.00. The standard InChI is InChI=1S/C14H18BrN3/c1-10-5-3-6-11(2)18(10)17-14-8-4-7-13(15)12(14)9-16/h4,7-8,10-11,17H,3,5-6H2,1-2H3. The molecular formula is C14H18BrN3. The monoisotopic (exact) mass is 307 g/mol. The summed E-state index contributed by atoms with van der Waals surface area (Å²) in [6, 6.07) is 9.05. The molecule has 2 atom stereocenters. The van der Waals surface area contributed by atoms with E-state index in [1.165, 1.54) is 19.3 Å². The van der Waals surface area contributed by atoms with Crippen molar-refractivity contribution < 1.29 is 0 Å². The number of anilines is 1. The van der Waals surface area contributed by atoms with Crippen LogP contribution in [-0.4, -0.2) is 17.1 Å². The first-order valence-electron chi connectivity index (χ1n) is 6.37. The van der Waals surface area contributed by atoms with Crippen LogP contribution in [0.2, 0.25) is 0 Å². The Morgan fingerprint density at radius 3 is 2.61 bits per heavy atom. The van der Waals surface area contributed by atoms with E-state index >= 15 is 0 Å². The van der Waals surface area contributed by atoms with Gasteiger partial charge in [0, 0.05) is 16.6 Å². The van der Waals surface area contributed by atoms with Gasteiger partial charge >= 0.3 is 0 Å². The molecule has 4 heteroatoms. The Balaban J connectivity index is 2.23. The molecule has 3 nitrogen and oxygen atoms in total. The quantitative estimate of drug-likeness (QED) is 0.900. The van der Waals surface area contributed by atoms with Crippen LogP contribution < -0.4 is 5.43 Å². The van der Waals surface area contributed by atoms with Crippen molar-refractivity contribution in [2.75, 3.05) is 5.43 Å². The fraction of sp³-hybridized carbons (Fsp3) is 0.500. The Morgan fingerprint density at radius 2 is 2.00 bits per heavy atom. The number of hydrogen-bond donors (Lipinski definition) is 1. The van der Waals surface area contributed by atoms with Crippen LogP contribution in [0.1, 0.15) is 38.7 Å². The summed E-state index contributed by atoms with van der Waals surface area (Å²) >= 11 is 3.42. The van der Waals surface area contributed by atoms with E-state index in [0.29, 0.717) is 17.6 Å². The highest BCUT2D eigenvalue weighted by atomic mass is 79.9. The molecular weight excluding hydrogens is 290 g/mol. The largest absolute Gasteiger partial charge is 0.317 e. The summed E-state index contributed by atoms with van der Waals surface area (Å²) < 4.78 is 0.840. The van der Waals surface area contributed by atoms with E-state index in [1.54, 1.807) is 0 Å². The molecule has 0 aliphatic carbocycles. The first kappa shape index (κ1) is 13.4. The molecule has 1 aliphatic rings. The van der Waals surface area contributed by atoms with Crippen molar-refractivity contribution in [3.63, 3.8) is 0 Å². The molecule has 0 radical (unpaired) electrons. The Labute approximate surface area is 117 Å². The third kappa shape index (κ3) is 2.68. The number of nitriles is 1. The van der Waals surface area contributed by atoms with Gasteiger partial charge in [-0.05, 0) is 54.8 Å². The second-order valence-electron chi connectivity index (χ2n) is 4.92. The number of halogens is 1. The molecule has 1 aromatic rings. The van der Waals surface area contributed by atoms with E-state index in [9.17, 15) is 5.26 Å². The molecule has 1 aliphatic heterocycles. The number of benzene rings is 1. The van der Waals surface area contributed by atoms with Gasteiger partial charge in [0.2, 0.25) is 0 Å². The molecule has 1 aromatic carbocycles. The van der Waals surface area contributed by atoms with Gasteiger partial charge in [0.1, 0.15) is 6.07 Å². The van der Waals surface area contributed by atoms with Gasteiger partial charge in [-0.1, -0.05) is 12.5 Å². The molecule has 1 heterocycles. The zero-order valence-corrected chi connectivity index (χ0v) is 12.4. The van der Waals surface area contributed by atoms with E-state index in [0.717, 1.165) is 10.2 Å². The third-order valence-corrected chi connectivity index (χ3v) is 4.23. The molecule has 96 valence electrons. The molecule has 0 spiro atoms. The van der Waals surface area contributed by atoms with Gasteiger partial charge in [-0.25, -0.2) is 5.01 Å². The average molecular weight is 308 g/mol. The van der Waals surface area contributed by atoms with Crippen LogP contribution in [0.5, 0.6) is 0 Å². The van der Waals surface area contributed by atoms with Crippen molar-refractivity contribution in [2.45, 2.75) is 45.2 Å². The highest BCUT2D eigenvalue weighted by Crippen LogP contribution is 2.28. The molecule has 0 saturated carbocycles. The molecule has 18 heavy (non-hydrogen) atoms. The fourth-order valence-electron chi connectivity index (χ4n) is 2.51. The highest BCUT2D eigenvalue weighted by molar-refractivity contribution is 9.10.